The van der Waals surface area contributed by atoms with Gasteiger partial charge in [0.2, 0.25) is 5.95 Å². The average Bonchev–Trinajstić information content (AvgIpc) is 3.23. The van der Waals surface area contributed by atoms with E-state index >= 15 is 4.39 Å². The molecule has 11 heteroatoms. The van der Waals surface area contributed by atoms with Crippen molar-refractivity contribution < 1.29 is 4.39 Å². The number of rotatable bonds is 6. The standard InChI is InChI=1S/C25H29FN10/c1-14(2)30-23-22-20(5-19(26)21(33-22)16-8-27-15(3)28-9-16)32-24(34-23)31-17-10-29-36(11-17)18-6-25(7-18)12-35(4)13-25/h5,8-11,14,18H,6-7,12-13H2,1-4H3,(H2,30,31,32,34). The van der Waals surface area contributed by atoms with E-state index in [4.69, 9.17) is 0 Å². The van der Waals surface area contributed by atoms with Gasteiger partial charge in [-0.25, -0.2) is 24.3 Å². The van der Waals surface area contributed by atoms with Gasteiger partial charge in [0.1, 0.15) is 17.0 Å². The van der Waals surface area contributed by atoms with E-state index in [0.29, 0.717) is 45.6 Å². The summed E-state index contributed by atoms with van der Waals surface area (Å²) in [5.41, 5.74) is 2.81. The molecule has 36 heavy (non-hydrogen) atoms. The highest BCUT2D eigenvalue weighted by molar-refractivity contribution is 5.88. The lowest BCUT2D eigenvalue weighted by molar-refractivity contribution is -0.0786. The molecule has 0 atom stereocenters. The van der Waals surface area contributed by atoms with Crippen LogP contribution in [0.3, 0.4) is 0 Å². The van der Waals surface area contributed by atoms with Gasteiger partial charge in [-0.3, -0.25) is 4.68 Å². The smallest absolute Gasteiger partial charge is 0.229 e. The SMILES string of the molecule is Cc1ncc(-c2nc3c(NC(C)C)nc(Nc4cnn(C5CC6(C5)CN(C)C6)c4)nc3cc2F)cn1. The van der Waals surface area contributed by atoms with Crippen LogP contribution in [0.15, 0.2) is 30.9 Å². The minimum Gasteiger partial charge on any atom is -0.366 e. The number of halogens is 1. The molecule has 0 amide bonds. The molecule has 6 rings (SSSR count). The third-order valence-corrected chi connectivity index (χ3v) is 6.88. The highest BCUT2D eigenvalue weighted by Crippen LogP contribution is 2.53. The molecule has 0 aromatic carbocycles. The molecular weight excluding hydrogens is 459 g/mol. The van der Waals surface area contributed by atoms with Gasteiger partial charge in [-0.1, -0.05) is 0 Å². The first-order valence-electron chi connectivity index (χ1n) is 12.2. The maximum Gasteiger partial charge on any atom is 0.229 e. The summed E-state index contributed by atoms with van der Waals surface area (Å²) in [5.74, 6) is 0.984. The predicted molar refractivity (Wildman–Crippen MR) is 136 cm³/mol. The molecule has 2 aliphatic rings. The van der Waals surface area contributed by atoms with Crippen molar-refractivity contribution in [2.45, 2.75) is 45.7 Å². The van der Waals surface area contributed by atoms with E-state index < -0.39 is 5.82 Å². The van der Waals surface area contributed by atoms with Crippen LogP contribution in [-0.2, 0) is 0 Å². The number of anilines is 3. The maximum absolute atomic E-state index is 15.1. The predicted octanol–water partition coefficient (Wildman–Crippen LogP) is 3.96. The molecule has 1 aliphatic heterocycles. The van der Waals surface area contributed by atoms with Crippen LogP contribution in [0, 0.1) is 18.2 Å². The number of hydrogen-bond donors (Lipinski definition) is 2. The molecular formula is C25H29FN10. The maximum atomic E-state index is 15.1. The zero-order valence-electron chi connectivity index (χ0n) is 20.8. The van der Waals surface area contributed by atoms with Gasteiger partial charge in [0, 0.05) is 49.4 Å². The first-order valence-corrected chi connectivity index (χ1v) is 12.2. The second kappa shape index (κ2) is 8.44. The Bertz CT molecular complexity index is 1420. The van der Waals surface area contributed by atoms with E-state index in [0.717, 1.165) is 18.5 Å². The van der Waals surface area contributed by atoms with Gasteiger partial charge in [0.05, 0.1) is 23.4 Å². The van der Waals surface area contributed by atoms with E-state index in [1.54, 1.807) is 25.5 Å². The Kier molecular flexibility index (Phi) is 5.32. The molecule has 2 N–H and O–H groups in total. The molecule has 5 heterocycles. The van der Waals surface area contributed by atoms with Gasteiger partial charge in [0.15, 0.2) is 11.6 Å². The highest BCUT2D eigenvalue weighted by Gasteiger charge is 2.51. The van der Waals surface area contributed by atoms with Crippen LogP contribution < -0.4 is 10.6 Å². The lowest BCUT2D eigenvalue weighted by atomic mass is 9.61. The third-order valence-electron chi connectivity index (χ3n) is 6.88. The number of nitrogens with one attached hydrogen (secondary N) is 2. The summed E-state index contributed by atoms with van der Waals surface area (Å²) in [7, 11) is 2.17. The summed E-state index contributed by atoms with van der Waals surface area (Å²) in [5, 5.41) is 11.1. The van der Waals surface area contributed by atoms with Gasteiger partial charge >= 0.3 is 0 Å². The molecule has 4 aromatic rings. The van der Waals surface area contributed by atoms with Crippen molar-refractivity contribution in [2.75, 3.05) is 30.8 Å². The number of pyridine rings is 1. The summed E-state index contributed by atoms with van der Waals surface area (Å²) in [6.07, 6.45) is 9.22. The molecule has 0 radical (unpaired) electrons. The fourth-order valence-electron chi connectivity index (χ4n) is 5.40. The number of hydrogen-bond acceptors (Lipinski definition) is 9. The number of nitrogens with zero attached hydrogens (tertiary/aromatic N) is 8. The van der Waals surface area contributed by atoms with Crippen molar-refractivity contribution in [3.63, 3.8) is 0 Å². The van der Waals surface area contributed by atoms with Crippen LogP contribution in [0.2, 0.25) is 0 Å². The summed E-state index contributed by atoms with van der Waals surface area (Å²) in [4.78, 5) is 24.5. The molecule has 1 saturated carbocycles. The average molecular weight is 489 g/mol. The Labute approximate surface area is 208 Å². The summed E-state index contributed by atoms with van der Waals surface area (Å²) < 4.78 is 17.1. The van der Waals surface area contributed by atoms with E-state index in [-0.39, 0.29) is 11.7 Å². The van der Waals surface area contributed by atoms with Crippen LogP contribution >= 0.6 is 0 Å². The van der Waals surface area contributed by atoms with Gasteiger partial charge in [-0.05, 0) is 46.1 Å². The first kappa shape index (κ1) is 22.7. The van der Waals surface area contributed by atoms with Crippen molar-refractivity contribution in [2.24, 2.45) is 5.41 Å². The Hall–Kier alpha value is -3.73. The lowest BCUT2D eigenvalue weighted by Crippen LogP contribution is -2.60. The zero-order chi connectivity index (χ0) is 25.0. The largest absolute Gasteiger partial charge is 0.366 e. The molecule has 4 aromatic heterocycles. The first-order chi connectivity index (χ1) is 17.3. The second-order valence-corrected chi connectivity index (χ2v) is 10.5. The minimum atomic E-state index is -0.497. The minimum absolute atomic E-state index is 0.0909. The molecule has 2 fully saturated rings. The van der Waals surface area contributed by atoms with Gasteiger partial charge in [0.25, 0.3) is 0 Å². The third kappa shape index (κ3) is 4.13. The molecule has 10 nitrogen and oxygen atoms in total. The summed E-state index contributed by atoms with van der Waals surface area (Å²) in [6, 6.07) is 1.89. The lowest BCUT2D eigenvalue weighted by Gasteiger charge is -2.58. The fraction of sp³-hybridized carbons (Fsp3) is 0.440. The van der Waals surface area contributed by atoms with E-state index in [9.17, 15) is 0 Å². The van der Waals surface area contributed by atoms with Crippen LogP contribution in [0.4, 0.5) is 21.8 Å². The Morgan fingerprint density at radius 2 is 1.83 bits per heavy atom. The molecule has 1 aliphatic carbocycles. The summed E-state index contributed by atoms with van der Waals surface area (Å²) in [6.45, 7) is 8.15. The quantitative estimate of drug-likeness (QED) is 0.417. The van der Waals surface area contributed by atoms with E-state index in [1.165, 1.54) is 19.2 Å². The number of fused-ring (bicyclic) bond motifs is 1. The van der Waals surface area contributed by atoms with E-state index in [2.05, 4.69) is 52.6 Å². The molecule has 1 saturated heterocycles. The second-order valence-electron chi connectivity index (χ2n) is 10.5. The van der Waals surface area contributed by atoms with Gasteiger partial charge in [-0.15, -0.1) is 0 Å². The van der Waals surface area contributed by atoms with Gasteiger partial charge in [-0.2, -0.15) is 10.1 Å². The van der Waals surface area contributed by atoms with Crippen LogP contribution in [0.1, 0.15) is 38.6 Å². The molecule has 1 spiro atoms. The van der Waals surface area contributed by atoms with Crippen molar-refractivity contribution in [1.82, 2.24) is 39.6 Å². The van der Waals surface area contributed by atoms with Crippen LogP contribution in [0.5, 0.6) is 0 Å². The number of aromatic nitrogens is 7. The van der Waals surface area contributed by atoms with Gasteiger partial charge < -0.3 is 15.5 Å². The monoisotopic (exact) mass is 488 g/mol. The zero-order valence-corrected chi connectivity index (χ0v) is 20.8. The summed E-state index contributed by atoms with van der Waals surface area (Å²) >= 11 is 0. The number of likely N-dealkylation sites (tertiary alicyclic amines) is 1. The molecule has 186 valence electrons. The Morgan fingerprint density at radius 3 is 2.53 bits per heavy atom. The van der Waals surface area contributed by atoms with Crippen molar-refractivity contribution in [3.05, 3.63) is 42.5 Å². The normalized spacial score (nSPS) is 17.4. The molecule has 0 bridgehead atoms. The van der Waals surface area contributed by atoms with Crippen LogP contribution in [-0.4, -0.2) is 65.8 Å². The molecule has 0 unspecified atom stereocenters. The highest BCUT2D eigenvalue weighted by atomic mass is 19.1. The van der Waals surface area contributed by atoms with Crippen molar-refractivity contribution >= 4 is 28.5 Å². The fourth-order valence-corrected chi connectivity index (χ4v) is 5.40. The van der Waals surface area contributed by atoms with Crippen LogP contribution in [0.25, 0.3) is 22.3 Å². The van der Waals surface area contributed by atoms with E-state index in [1.807, 2.05) is 24.7 Å². The Balaban J connectivity index is 1.28. The topological polar surface area (TPSA) is 110 Å². The number of aryl methyl sites for hydroxylation is 1. The van der Waals surface area contributed by atoms with Crippen molar-refractivity contribution in [3.8, 4) is 11.3 Å². The Morgan fingerprint density at radius 1 is 1.08 bits per heavy atom. The van der Waals surface area contributed by atoms with Crippen molar-refractivity contribution in [1.29, 1.82) is 0 Å².